The van der Waals surface area contributed by atoms with Crippen LogP contribution in [0.4, 0.5) is 0 Å². The molecule has 10 heteroatoms. The first-order valence-electron chi connectivity index (χ1n) is 8.18. The van der Waals surface area contributed by atoms with Crippen LogP contribution >= 0.6 is 0 Å². The van der Waals surface area contributed by atoms with Gasteiger partial charge in [0.25, 0.3) is 10.1 Å². The van der Waals surface area contributed by atoms with Crippen LogP contribution in [-0.2, 0) is 31.0 Å². The van der Waals surface area contributed by atoms with Crippen molar-refractivity contribution in [2.75, 3.05) is 20.4 Å². The Morgan fingerprint density at radius 1 is 1.30 bits per heavy atom. The lowest BCUT2D eigenvalue weighted by Crippen LogP contribution is -2.49. The predicted octanol–water partition coefficient (Wildman–Crippen LogP) is -0.116. The van der Waals surface area contributed by atoms with Crippen molar-refractivity contribution < 1.29 is 27.4 Å². The van der Waals surface area contributed by atoms with Crippen molar-refractivity contribution in [3.05, 3.63) is 35.9 Å². The molecule has 2 rings (SSSR count). The molecule has 0 saturated carbocycles. The predicted molar refractivity (Wildman–Crippen MR) is 99.2 cm³/mol. The zero-order valence-electron chi connectivity index (χ0n) is 15.7. The van der Waals surface area contributed by atoms with Crippen LogP contribution in [0.3, 0.4) is 0 Å². The molecule has 9 nitrogen and oxygen atoms in total. The van der Waals surface area contributed by atoms with Crippen LogP contribution in [0, 0.1) is 0 Å². The van der Waals surface area contributed by atoms with Crippen molar-refractivity contribution in [1.82, 2.24) is 15.1 Å². The molecule has 1 aromatic rings. The summed E-state index contributed by atoms with van der Waals surface area (Å²) in [5.41, 5.74) is 0.966. The summed E-state index contributed by atoms with van der Waals surface area (Å²) in [6.45, 7) is 1.95. The molecule has 0 aromatic heterocycles. The second kappa shape index (κ2) is 9.58. The maximum Gasteiger partial charge on any atom is 0.261 e. The Hall–Kier alpha value is -2.30. The fourth-order valence-corrected chi connectivity index (χ4v) is 2.49. The highest BCUT2D eigenvalue weighted by atomic mass is 32.2. The van der Waals surface area contributed by atoms with Crippen LogP contribution in [0.1, 0.15) is 18.9 Å². The number of hydrogen-bond donors (Lipinski definition) is 2. The highest BCUT2D eigenvalue weighted by molar-refractivity contribution is 7.85. The van der Waals surface area contributed by atoms with Crippen molar-refractivity contribution in [2.45, 2.75) is 32.0 Å². The van der Waals surface area contributed by atoms with E-state index in [1.54, 1.807) is 25.9 Å². The summed E-state index contributed by atoms with van der Waals surface area (Å²) in [5.74, 6) is -0.937. The molecule has 1 aliphatic rings. The average Bonchev–Trinajstić information content (AvgIpc) is 2.86. The number of benzene rings is 1. The molecule has 1 unspecified atom stereocenters. The zero-order chi connectivity index (χ0) is 20.8. The van der Waals surface area contributed by atoms with Gasteiger partial charge in [0.2, 0.25) is 17.7 Å². The Kier molecular flexibility index (Phi) is 8.07. The van der Waals surface area contributed by atoms with E-state index < -0.39 is 22.2 Å². The van der Waals surface area contributed by atoms with E-state index in [0.29, 0.717) is 12.8 Å². The quantitative estimate of drug-likeness (QED) is 0.523. The molecular weight excluding hydrogens is 374 g/mol. The first kappa shape index (κ1) is 22.7. The highest BCUT2D eigenvalue weighted by Crippen LogP contribution is 2.19. The standard InChI is InChI=1S/C16H21N3O3.CH4O3S/c1-11(15(21)17-10-12-7-5-4-6-8-12)19-14(20)9-13(16(19)22)18(2)3;1-5(2,3)4/h4-8,11,13H,9-10H2,1-3H3,(H,17,21);1H3,(H,2,3,4)/t11-,13?;/m1./s1. The molecule has 0 aliphatic carbocycles. The highest BCUT2D eigenvalue weighted by Gasteiger charge is 2.43. The van der Waals surface area contributed by atoms with E-state index >= 15 is 0 Å². The summed E-state index contributed by atoms with van der Waals surface area (Å²) >= 11 is 0. The number of carbonyl (C=O) groups excluding carboxylic acids is 3. The van der Waals surface area contributed by atoms with Crippen LogP contribution in [0.15, 0.2) is 30.3 Å². The van der Waals surface area contributed by atoms with Gasteiger partial charge in [0.05, 0.1) is 18.7 Å². The van der Waals surface area contributed by atoms with Crippen LogP contribution in [0.2, 0.25) is 0 Å². The van der Waals surface area contributed by atoms with E-state index in [1.807, 2.05) is 30.3 Å². The van der Waals surface area contributed by atoms with Gasteiger partial charge >= 0.3 is 0 Å². The summed E-state index contributed by atoms with van der Waals surface area (Å²) in [5, 5.41) is 2.76. The minimum absolute atomic E-state index is 0.127. The van der Waals surface area contributed by atoms with Gasteiger partial charge in [-0.1, -0.05) is 30.3 Å². The lowest BCUT2D eigenvalue weighted by atomic mass is 10.2. The van der Waals surface area contributed by atoms with Crippen molar-refractivity contribution in [3.63, 3.8) is 0 Å². The van der Waals surface area contributed by atoms with E-state index in [-0.39, 0.29) is 24.1 Å². The number of nitrogens with zero attached hydrogens (tertiary/aromatic N) is 2. The molecule has 27 heavy (non-hydrogen) atoms. The molecule has 2 N–H and O–H groups in total. The monoisotopic (exact) mass is 399 g/mol. The lowest BCUT2D eigenvalue weighted by molar-refractivity contribution is -0.147. The van der Waals surface area contributed by atoms with Gasteiger partial charge in [0.15, 0.2) is 0 Å². The molecule has 1 aliphatic heterocycles. The third-order valence-corrected chi connectivity index (χ3v) is 3.86. The van der Waals surface area contributed by atoms with E-state index in [1.165, 1.54) is 0 Å². The topological polar surface area (TPSA) is 124 Å². The van der Waals surface area contributed by atoms with Gasteiger partial charge in [0.1, 0.15) is 6.04 Å². The minimum atomic E-state index is -3.67. The van der Waals surface area contributed by atoms with Crippen LogP contribution in [-0.4, -0.2) is 72.9 Å². The average molecular weight is 399 g/mol. The Balaban J connectivity index is 0.000000646. The molecule has 0 bridgehead atoms. The maximum atomic E-state index is 12.3. The molecule has 2 atom stereocenters. The van der Waals surface area contributed by atoms with Crippen LogP contribution in [0.25, 0.3) is 0 Å². The van der Waals surface area contributed by atoms with E-state index in [9.17, 15) is 22.8 Å². The molecule has 1 fully saturated rings. The van der Waals surface area contributed by atoms with Crippen molar-refractivity contribution >= 4 is 27.8 Å². The Bertz CT molecular complexity index is 771. The molecule has 1 saturated heterocycles. The fraction of sp³-hybridized carbons (Fsp3) is 0.471. The number of carbonyl (C=O) groups is 3. The SMILES string of the molecule is CS(=O)(=O)O.C[C@H](C(=O)NCc1ccccc1)N1C(=O)CC(N(C)C)C1=O. The van der Waals surface area contributed by atoms with Gasteiger partial charge < -0.3 is 5.32 Å². The molecule has 150 valence electrons. The molecule has 0 spiro atoms. The zero-order valence-corrected chi connectivity index (χ0v) is 16.6. The Morgan fingerprint density at radius 3 is 2.26 bits per heavy atom. The van der Waals surface area contributed by atoms with Gasteiger partial charge in [-0.15, -0.1) is 0 Å². The number of rotatable bonds is 5. The third-order valence-electron chi connectivity index (χ3n) is 3.86. The van der Waals surface area contributed by atoms with Gasteiger partial charge in [0, 0.05) is 6.54 Å². The molecule has 1 heterocycles. The number of hydrogen-bond acceptors (Lipinski definition) is 6. The summed E-state index contributed by atoms with van der Waals surface area (Å²) in [4.78, 5) is 39.3. The summed E-state index contributed by atoms with van der Waals surface area (Å²) < 4.78 is 25.9. The Morgan fingerprint density at radius 2 is 1.81 bits per heavy atom. The van der Waals surface area contributed by atoms with E-state index in [2.05, 4.69) is 5.32 Å². The Labute approximate surface area is 159 Å². The normalized spacial score (nSPS) is 18.1. The van der Waals surface area contributed by atoms with E-state index in [4.69, 9.17) is 4.55 Å². The van der Waals surface area contributed by atoms with Crippen molar-refractivity contribution in [2.24, 2.45) is 0 Å². The number of likely N-dealkylation sites (N-methyl/N-ethyl adjacent to an activating group) is 1. The minimum Gasteiger partial charge on any atom is -0.350 e. The first-order chi connectivity index (χ1) is 12.4. The summed E-state index contributed by atoms with van der Waals surface area (Å²) in [6.07, 6.45) is 0.842. The number of imide groups is 1. The number of likely N-dealkylation sites (tertiary alicyclic amines) is 1. The first-order valence-corrected chi connectivity index (χ1v) is 10.0. The molecule has 3 amide bonds. The van der Waals surface area contributed by atoms with E-state index in [0.717, 1.165) is 10.5 Å². The van der Waals surface area contributed by atoms with Crippen LogP contribution in [0.5, 0.6) is 0 Å². The van der Waals surface area contributed by atoms with Gasteiger partial charge in [-0.3, -0.25) is 28.7 Å². The second-order valence-electron chi connectivity index (χ2n) is 6.40. The van der Waals surface area contributed by atoms with Crippen molar-refractivity contribution in [1.29, 1.82) is 0 Å². The summed E-state index contributed by atoms with van der Waals surface area (Å²) in [7, 11) is -0.168. The molecule has 0 radical (unpaired) electrons. The smallest absolute Gasteiger partial charge is 0.261 e. The van der Waals surface area contributed by atoms with Gasteiger partial charge in [-0.25, -0.2) is 0 Å². The second-order valence-corrected chi connectivity index (χ2v) is 7.86. The molecular formula is C17H25N3O6S. The number of amides is 3. The van der Waals surface area contributed by atoms with Crippen molar-refractivity contribution in [3.8, 4) is 0 Å². The number of nitrogens with one attached hydrogen (secondary N) is 1. The van der Waals surface area contributed by atoms with Crippen LogP contribution < -0.4 is 5.32 Å². The largest absolute Gasteiger partial charge is 0.350 e. The lowest BCUT2D eigenvalue weighted by Gasteiger charge is -2.23. The summed E-state index contributed by atoms with van der Waals surface area (Å²) in [6, 6.07) is 8.21. The third kappa shape index (κ3) is 7.45. The maximum absolute atomic E-state index is 12.3. The molecule has 1 aromatic carbocycles. The van der Waals surface area contributed by atoms with Gasteiger partial charge in [-0.2, -0.15) is 8.42 Å². The van der Waals surface area contributed by atoms with Gasteiger partial charge in [-0.05, 0) is 26.6 Å². The fourth-order valence-electron chi connectivity index (χ4n) is 2.49.